The van der Waals surface area contributed by atoms with Crippen molar-refractivity contribution in [1.82, 2.24) is 0 Å². The summed E-state index contributed by atoms with van der Waals surface area (Å²) in [6.45, 7) is 6.05. The molecular weight excluding hydrogens is 473 g/mol. The van der Waals surface area contributed by atoms with Gasteiger partial charge in [0.2, 0.25) is 5.91 Å². The number of nitrogens with zero attached hydrogens (tertiary/aromatic N) is 2. The van der Waals surface area contributed by atoms with E-state index in [0.29, 0.717) is 22.9 Å². The molecule has 1 N–H and O–H groups in total. The van der Waals surface area contributed by atoms with Crippen LogP contribution in [-0.2, 0) is 16.0 Å². The minimum atomic E-state index is -0.684. The highest BCUT2D eigenvalue weighted by Crippen LogP contribution is 2.42. The summed E-state index contributed by atoms with van der Waals surface area (Å²) >= 11 is 1.12. The molecule has 1 atom stereocenters. The maximum atomic E-state index is 14.4. The molecule has 182 valence electrons. The Bertz CT molecular complexity index is 1380. The van der Waals surface area contributed by atoms with Crippen molar-refractivity contribution in [3.05, 3.63) is 106 Å². The summed E-state index contributed by atoms with van der Waals surface area (Å²) in [7, 11) is 0. The normalized spacial score (nSPS) is 16.7. The van der Waals surface area contributed by atoms with E-state index in [1.54, 1.807) is 30.3 Å². The Kier molecular flexibility index (Phi) is 7.56. The smallest absolute Gasteiger partial charge is 0.269 e. The number of nitriles is 1. The highest BCUT2D eigenvalue weighted by atomic mass is 32.2. The Balaban J connectivity index is 1.74. The van der Waals surface area contributed by atoms with Crippen molar-refractivity contribution in [2.24, 2.45) is 0 Å². The lowest BCUT2D eigenvalue weighted by molar-refractivity contribution is -0.117. The molecule has 2 amide bonds. The number of thioether (sulfide) groups is 1. The molecule has 1 saturated heterocycles. The van der Waals surface area contributed by atoms with Crippen LogP contribution in [0.4, 0.5) is 15.8 Å². The van der Waals surface area contributed by atoms with E-state index >= 15 is 0 Å². The van der Waals surface area contributed by atoms with E-state index in [2.05, 4.69) is 19.2 Å². The number of carbonyl (C=O) groups excluding carboxylic acids is 2. The van der Waals surface area contributed by atoms with Gasteiger partial charge in [-0.25, -0.2) is 4.39 Å². The summed E-state index contributed by atoms with van der Waals surface area (Å²) in [5.41, 5.74) is 3.41. The zero-order valence-corrected chi connectivity index (χ0v) is 21.1. The van der Waals surface area contributed by atoms with Crippen LogP contribution in [0.1, 0.15) is 36.5 Å². The average molecular weight is 500 g/mol. The standard InChI is InChI=1S/C29H26FN3O2S/c1-18(2)20-11-13-23(14-12-20)33-28(35)26(16-21-8-4-5-10-25(21)30)36-29(33)24(17-31)27(34)32-22-9-6-7-19(3)15-22/h4-15,18,26H,16H2,1-3H3,(H,32,34)/b29-24-. The monoisotopic (exact) mass is 499 g/mol. The van der Waals surface area contributed by atoms with E-state index in [9.17, 15) is 19.2 Å². The van der Waals surface area contributed by atoms with Crippen molar-refractivity contribution in [3.63, 3.8) is 0 Å². The van der Waals surface area contributed by atoms with Gasteiger partial charge in [-0.15, -0.1) is 0 Å². The van der Waals surface area contributed by atoms with Gasteiger partial charge in [-0.05, 0) is 66.3 Å². The number of halogens is 1. The molecule has 0 aliphatic carbocycles. The van der Waals surface area contributed by atoms with Gasteiger partial charge in [0.05, 0.1) is 5.25 Å². The number of hydrogen-bond acceptors (Lipinski definition) is 4. The molecule has 1 fully saturated rings. The fourth-order valence-corrected chi connectivity index (χ4v) is 5.31. The maximum Gasteiger partial charge on any atom is 0.269 e. The van der Waals surface area contributed by atoms with Crippen molar-refractivity contribution < 1.29 is 14.0 Å². The third-order valence-corrected chi connectivity index (χ3v) is 7.23. The predicted octanol–water partition coefficient (Wildman–Crippen LogP) is 6.32. The molecule has 1 heterocycles. The zero-order valence-electron chi connectivity index (χ0n) is 20.3. The number of rotatable bonds is 6. The first-order valence-corrected chi connectivity index (χ1v) is 12.5. The molecule has 0 bridgehead atoms. The fraction of sp³-hybridized carbons (Fsp3) is 0.207. The van der Waals surface area contributed by atoms with Gasteiger partial charge in [0.25, 0.3) is 5.91 Å². The molecule has 0 radical (unpaired) electrons. The molecule has 0 saturated carbocycles. The van der Waals surface area contributed by atoms with E-state index in [1.165, 1.54) is 11.0 Å². The fourth-order valence-electron chi connectivity index (χ4n) is 4.01. The summed E-state index contributed by atoms with van der Waals surface area (Å²) in [5.74, 6) is -0.990. The zero-order chi connectivity index (χ0) is 25.8. The van der Waals surface area contributed by atoms with E-state index in [-0.39, 0.29) is 22.9 Å². The van der Waals surface area contributed by atoms with E-state index in [4.69, 9.17) is 0 Å². The summed E-state index contributed by atoms with van der Waals surface area (Å²) in [4.78, 5) is 28.2. The van der Waals surface area contributed by atoms with Gasteiger partial charge in [0, 0.05) is 11.4 Å². The third-order valence-electron chi connectivity index (χ3n) is 5.96. The van der Waals surface area contributed by atoms with Gasteiger partial charge in [-0.3, -0.25) is 14.5 Å². The quantitative estimate of drug-likeness (QED) is 0.318. The summed E-state index contributed by atoms with van der Waals surface area (Å²) in [6, 6.07) is 23.1. The van der Waals surface area contributed by atoms with E-state index in [1.807, 2.05) is 49.4 Å². The summed E-state index contributed by atoms with van der Waals surface area (Å²) in [6.07, 6.45) is 0.137. The molecule has 7 heteroatoms. The average Bonchev–Trinajstić information content (AvgIpc) is 3.16. The number of hydrogen-bond donors (Lipinski definition) is 1. The Morgan fingerprint density at radius 3 is 2.47 bits per heavy atom. The third kappa shape index (κ3) is 5.34. The van der Waals surface area contributed by atoms with Crippen LogP contribution in [0.2, 0.25) is 0 Å². The van der Waals surface area contributed by atoms with Gasteiger partial charge in [-0.2, -0.15) is 5.26 Å². The second-order valence-corrected chi connectivity index (χ2v) is 10.1. The van der Waals surface area contributed by atoms with Crippen LogP contribution in [0.15, 0.2) is 83.4 Å². The lowest BCUT2D eigenvalue weighted by atomic mass is 10.0. The Morgan fingerprint density at radius 2 is 1.83 bits per heavy atom. The lowest BCUT2D eigenvalue weighted by Gasteiger charge is -2.19. The molecule has 0 spiro atoms. The second kappa shape index (κ2) is 10.8. The van der Waals surface area contributed by atoms with Gasteiger partial charge in [0.1, 0.15) is 22.5 Å². The minimum Gasteiger partial charge on any atom is -0.321 e. The van der Waals surface area contributed by atoms with Gasteiger partial charge in [0.15, 0.2) is 0 Å². The van der Waals surface area contributed by atoms with Gasteiger partial charge < -0.3 is 5.32 Å². The van der Waals surface area contributed by atoms with E-state index < -0.39 is 17.0 Å². The molecule has 4 rings (SSSR count). The Hall–Kier alpha value is -3.89. The predicted molar refractivity (Wildman–Crippen MR) is 142 cm³/mol. The molecular formula is C29H26FN3O2S. The Morgan fingerprint density at radius 1 is 1.11 bits per heavy atom. The molecule has 5 nitrogen and oxygen atoms in total. The SMILES string of the molecule is Cc1cccc(NC(=O)/C(C#N)=C2\SC(Cc3ccccc3F)C(=O)N2c2ccc(C(C)C)cc2)c1. The number of aryl methyl sites for hydroxylation is 1. The molecule has 1 aliphatic rings. The first-order valence-electron chi connectivity index (χ1n) is 11.6. The highest BCUT2D eigenvalue weighted by molar-refractivity contribution is 8.05. The van der Waals surface area contributed by atoms with Crippen LogP contribution < -0.4 is 10.2 Å². The van der Waals surface area contributed by atoms with Crippen LogP contribution >= 0.6 is 11.8 Å². The van der Waals surface area contributed by atoms with Crippen LogP contribution in [0, 0.1) is 24.1 Å². The molecule has 3 aromatic rings. The maximum absolute atomic E-state index is 14.4. The summed E-state index contributed by atoms with van der Waals surface area (Å²) < 4.78 is 14.4. The number of anilines is 2. The number of carbonyl (C=O) groups is 2. The van der Waals surface area contributed by atoms with Crippen molar-refractivity contribution in [2.75, 3.05) is 10.2 Å². The summed E-state index contributed by atoms with van der Waals surface area (Å²) in [5, 5.41) is 12.3. The van der Waals surface area contributed by atoms with Crippen molar-refractivity contribution in [2.45, 2.75) is 38.4 Å². The van der Waals surface area contributed by atoms with Crippen LogP contribution in [-0.4, -0.2) is 17.1 Å². The van der Waals surface area contributed by atoms with Crippen LogP contribution in [0.25, 0.3) is 0 Å². The molecule has 36 heavy (non-hydrogen) atoms. The molecule has 1 aliphatic heterocycles. The van der Waals surface area contributed by atoms with Gasteiger partial charge in [-0.1, -0.05) is 68.1 Å². The molecule has 1 unspecified atom stereocenters. The first kappa shape index (κ1) is 25.2. The number of benzene rings is 3. The first-order chi connectivity index (χ1) is 17.3. The lowest BCUT2D eigenvalue weighted by Crippen LogP contribution is -2.31. The van der Waals surface area contributed by atoms with Crippen molar-refractivity contribution in [1.29, 1.82) is 5.26 Å². The van der Waals surface area contributed by atoms with E-state index in [0.717, 1.165) is 22.9 Å². The largest absolute Gasteiger partial charge is 0.321 e. The highest BCUT2D eigenvalue weighted by Gasteiger charge is 2.41. The van der Waals surface area contributed by atoms with Gasteiger partial charge >= 0.3 is 0 Å². The topological polar surface area (TPSA) is 73.2 Å². The number of nitrogens with one attached hydrogen (secondary N) is 1. The molecule has 3 aromatic carbocycles. The van der Waals surface area contributed by atoms with Crippen molar-refractivity contribution in [3.8, 4) is 6.07 Å². The second-order valence-electron chi connectivity index (χ2n) is 8.94. The molecule has 0 aromatic heterocycles. The van der Waals surface area contributed by atoms with Crippen LogP contribution in [0.5, 0.6) is 0 Å². The van der Waals surface area contributed by atoms with Crippen molar-refractivity contribution >= 4 is 35.0 Å². The minimum absolute atomic E-state index is 0.137. The Labute approximate surface area is 214 Å². The number of amides is 2. The van der Waals surface area contributed by atoms with Crippen LogP contribution in [0.3, 0.4) is 0 Å².